The quantitative estimate of drug-likeness (QED) is 0.110. The van der Waals surface area contributed by atoms with Crippen LogP contribution < -0.4 is 19.6 Å². The Morgan fingerprint density at radius 1 is 0.412 bits per heavy atom. The van der Waals surface area contributed by atoms with E-state index < -0.39 is 0 Å². The van der Waals surface area contributed by atoms with Crippen molar-refractivity contribution in [1.82, 2.24) is 4.98 Å². The van der Waals surface area contributed by atoms with Gasteiger partial charge in [-0.3, -0.25) is 0 Å². The van der Waals surface area contributed by atoms with Gasteiger partial charge in [0.25, 0.3) is 0 Å². The van der Waals surface area contributed by atoms with Crippen molar-refractivity contribution in [3.8, 4) is 11.3 Å². The fraction of sp³-hybridized carbons (Fsp3) is 0.0678. The van der Waals surface area contributed by atoms with Crippen LogP contribution in [0.1, 0.15) is 12.8 Å². The summed E-state index contributed by atoms with van der Waals surface area (Å²) < 4.78 is 18.7. The second-order valence-electron chi connectivity index (χ2n) is 16.8. The third-order valence-electron chi connectivity index (χ3n) is 12.8. The number of benzene rings is 8. The van der Waals surface area contributed by atoms with Crippen molar-refractivity contribution in [2.75, 3.05) is 32.7 Å². The molecule has 6 heterocycles. The second-order valence-corrected chi connectivity index (χ2v) is 16.8. The first-order valence-corrected chi connectivity index (χ1v) is 22.6. The molecule has 0 saturated carbocycles. The summed E-state index contributed by atoms with van der Waals surface area (Å²) in [6.07, 6.45) is 3.83. The van der Waals surface area contributed by atoms with Crippen molar-refractivity contribution in [2.24, 2.45) is 0 Å². The minimum atomic E-state index is 0. The Kier molecular flexibility index (Phi) is 10.7. The summed E-state index contributed by atoms with van der Waals surface area (Å²) in [4.78, 5) is 13.5. The summed E-state index contributed by atoms with van der Waals surface area (Å²) in [5.74, 6) is 0. The molecule has 0 unspecified atom stereocenters. The van der Waals surface area contributed by atoms with Gasteiger partial charge in [0.05, 0.1) is 5.58 Å². The molecule has 2 aliphatic rings. The summed E-state index contributed by atoms with van der Waals surface area (Å²) >= 11 is 0. The molecule has 68 heavy (non-hydrogen) atoms. The van der Waals surface area contributed by atoms with Crippen LogP contribution in [-0.2, 0) is 20.1 Å². The van der Waals surface area contributed by atoms with Crippen molar-refractivity contribution in [1.29, 1.82) is 0 Å². The number of hydrogen-bond acceptors (Lipinski definition) is 8. The van der Waals surface area contributed by atoms with Crippen molar-refractivity contribution in [3.63, 3.8) is 0 Å². The van der Waals surface area contributed by atoms with Gasteiger partial charge in [-0.1, -0.05) is 124 Å². The van der Waals surface area contributed by atoms with Crippen LogP contribution in [0.2, 0.25) is 0 Å². The molecule has 0 spiro atoms. The summed E-state index contributed by atoms with van der Waals surface area (Å²) in [6.45, 7) is 6.20. The second kappa shape index (κ2) is 17.4. The zero-order chi connectivity index (χ0) is 44.3. The molecule has 8 nitrogen and oxygen atoms in total. The van der Waals surface area contributed by atoms with Gasteiger partial charge in [0.15, 0.2) is 0 Å². The Labute approximate surface area is 406 Å². The zero-order valence-corrected chi connectivity index (χ0v) is 39.0. The van der Waals surface area contributed by atoms with E-state index in [1.165, 1.54) is 11.4 Å². The van der Waals surface area contributed by atoms with E-state index in [-0.39, 0.29) is 20.1 Å². The van der Waals surface area contributed by atoms with Crippen LogP contribution in [0.15, 0.2) is 195 Å². The number of unbranched alkanes of at least 4 members (excludes halogenated alkanes) is 1. The Morgan fingerprint density at radius 2 is 0.824 bits per heavy atom. The largest absolute Gasteiger partial charge is 0.514 e. The molecule has 333 valence electrons. The molecule has 0 fully saturated rings. The average Bonchev–Trinajstić information content (AvgIpc) is 4.22. The maximum Gasteiger partial charge on any atom is 0.120 e. The zero-order valence-electron chi connectivity index (χ0n) is 36.6. The van der Waals surface area contributed by atoms with E-state index in [1.54, 1.807) is 6.20 Å². The van der Waals surface area contributed by atoms with Crippen LogP contribution in [0.25, 0.3) is 77.1 Å². The number of furan rings is 3. The Hall–Kier alpha value is -7.84. The van der Waals surface area contributed by atoms with Gasteiger partial charge >= 0.3 is 0 Å². The van der Waals surface area contributed by atoms with Gasteiger partial charge in [0.2, 0.25) is 0 Å². The van der Waals surface area contributed by atoms with E-state index in [2.05, 4.69) is 147 Å². The molecule has 1 radical (unpaired) electrons. The maximum atomic E-state index is 6.38. The number of aromatic nitrogens is 1. The number of rotatable bonds is 8. The molecule has 2 aliphatic heterocycles. The molecule has 0 atom stereocenters. The first-order chi connectivity index (χ1) is 33.2. The molecule has 12 aromatic rings. The van der Waals surface area contributed by atoms with Crippen LogP contribution in [0.3, 0.4) is 0 Å². The molecule has 14 rings (SSSR count). The van der Waals surface area contributed by atoms with Gasteiger partial charge in [-0.25, -0.2) is 0 Å². The summed E-state index contributed by atoms with van der Waals surface area (Å²) in [5.41, 5.74) is 13.5. The summed E-state index contributed by atoms with van der Waals surface area (Å²) in [5, 5.41) is 6.69. The van der Waals surface area contributed by atoms with E-state index in [0.717, 1.165) is 126 Å². The maximum absolute atomic E-state index is 6.38. The number of hydrogen-bond donors (Lipinski definition) is 0. The van der Waals surface area contributed by atoms with Crippen LogP contribution in [0, 0.1) is 31.5 Å². The third kappa shape index (κ3) is 7.05. The number of fused-ring (bicyclic) bond motifs is 11. The standard InChI is InChI=1S/C42H30N4O2.C17H10NO.Ir/c1-7-23-39-29(13-1)31-15-11-21-37(41(31)47-39)45-27-43(33-17-3-5-19-35(33)45)25-9-10-26-44-28-46(36-20-6-4-18-34(36)44)38-22-12-16-32-30-14-2-8-24-40(30)48-42(32)38;1-2-10-16-12(6-1)13-7-5-8-14(17(13)19-16)15-9-3-4-11-18-15;/h1-8,11-20,23-24,27-28H,9-10,25-26H2;1-7,9-11H;/q-4;-1;. The minimum absolute atomic E-state index is 0. The molecule has 0 amide bonds. The Bertz CT molecular complexity index is 3610. The molecular weight excluding hydrogens is 1020 g/mol. The molecule has 4 aromatic heterocycles. The van der Waals surface area contributed by atoms with Gasteiger partial charge in [-0.2, -0.15) is 49.7 Å². The normalized spacial score (nSPS) is 13.2. The predicted molar refractivity (Wildman–Crippen MR) is 271 cm³/mol. The number of pyridine rings is 1. The van der Waals surface area contributed by atoms with Crippen molar-refractivity contribution < 1.29 is 33.4 Å². The number of nitrogens with zero attached hydrogens (tertiary/aromatic N) is 5. The Balaban J connectivity index is 0.000000200. The smallest absolute Gasteiger partial charge is 0.120 e. The average molecular weight is 1060 g/mol. The van der Waals surface area contributed by atoms with Crippen LogP contribution in [-0.4, -0.2) is 18.1 Å². The van der Waals surface area contributed by atoms with Gasteiger partial charge in [-0.15, -0.1) is 18.2 Å². The summed E-state index contributed by atoms with van der Waals surface area (Å²) in [6, 6.07) is 69.8. The fourth-order valence-electron chi connectivity index (χ4n) is 9.73. The predicted octanol–water partition coefficient (Wildman–Crippen LogP) is 15.2. The van der Waals surface area contributed by atoms with E-state index in [4.69, 9.17) is 13.3 Å². The third-order valence-corrected chi connectivity index (χ3v) is 12.8. The van der Waals surface area contributed by atoms with Gasteiger partial charge in [-0.05, 0) is 80.2 Å². The van der Waals surface area contributed by atoms with Crippen molar-refractivity contribution >= 4 is 99.9 Å². The first-order valence-electron chi connectivity index (χ1n) is 22.6. The van der Waals surface area contributed by atoms with Crippen LogP contribution >= 0.6 is 0 Å². The van der Waals surface area contributed by atoms with Crippen molar-refractivity contribution in [3.05, 3.63) is 214 Å². The molecular formula is C59H40IrN5O3-5. The molecule has 0 aliphatic carbocycles. The number of para-hydroxylation sites is 7. The van der Waals surface area contributed by atoms with E-state index in [1.807, 2.05) is 84.9 Å². The van der Waals surface area contributed by atoms with Crippen LogP contribution in [0.4, 0.5) is 34.1 Å². The van der Waals surface area contributed by atoms with Gasteiger partial charge in [0.1, 0.15) is 16.7 Å². The summed E-state index contributed by atoms with van der Waals surface area (Å²) in [7, 11) is 0. The fourth-order valence-corrected chi connectivity index (χ4v) is 9.73. The van der Waals surface area contributed by atoms with E-state index in [0.29, 0.717) is 0 Å². The molecule has 8 aromatic carbocycles. The molecule has 0 bridgehead atoms. The van der Waals surface area contributed by atoms with Crippen molar-refractivity contribution in [2.45, 2.75) is 12.8 Å². The van der Waals surface area contributed by atoms with Crippen LogP contribution in [0.5, 0.6) is 0 Å². The SMILES string of the molecule is [Ir].[c-]1ccc2c(oc3ccccc32)c1-c1ccccn1.[c-]1ccc2c(oc3ccccc32)c1N1[CH-]N(CCCCN2[CH-]N(c3[c-]ccc4c3oc3ccccc34)c3ccccc32)c2ccccc21. The van der Waals surface area contributed by atoms with E-state index in [9.17, 15) is 0 Å². The Morgan fingerprint density at radius 3 is 1.31 bits per heavy atom. The van der Waals surface area contributed by atoms with Gasteiger partial charge < -0.3 is 37.8 Å². The monoisotopic (exact) mass is 1060 g/mol. The first kappa shape index (κ1) is 41.6. The molecule has 0 saturated heterocycles. The topological polar surface area (TPSA) is 65.3 Å². The van der Waals surface area contributed by atoms with Gasteiger partial charge in [0, 0.05) is 76.4 Å². The number of anilines is 6. The molecule has 9 heteroatoms. The molecule has 0 N–H and O–H groups in total. The van der Waals surface area contributed by atoms with E-state index >= 15 is 0 Å². The minimum Gasteiger partial charge on any atom is -0.514 e.